The summed E-state index contributed by atoms with van der Waals surface area (Å²) in [6.45, 7) is 7.41. The Labute approximate surface area is 165 Å². The van der Waals surface area contributed by atoms with Crippen molar-refractivity contribution in [2.24, 2.45) is 29.1 Å². The highest BCUT2D eigenvalue weighted by molar-refractivity contribution is 5.81. The van der Waals surface area contributed by atoms with E-state index in [1.165, 1.54) is 44.9 Å². The van der Waals surface area contributed by atoms with Gasteiger partial charge in [-0.2, -0.15) is 0 Å². The fourth-order valence-electron chi connectivity index (χ4n) is 5.21. The van der Waals surface area contributed by atoms with Gasteiger partial charge in [0.05, 0.1) is 18.4 Å². The quantitative estimate of drug-likeness (QED) is 0.403. The fraction of sp³-hybridized carbons (Fsp3) is 0.913. The Morgan fingerprint density at radius 1 is 1.04 bits per heavy atom. The van der Waals surface area contributed by atoms with E-state index in [4.69, 9.17) is 4.74 Å². The summed E-state index contributed by atoms with van der Waals surface area (Å²) >= 11 is 0. The van der Waals surface area contributed by atoms with Gasteiger partial charge in [-0.15, -0.1) is 0 Å². The van der Waals surface area contributed by atoms with E-state index in [0.717, 1.165) is 19.3 Å². The van der Waals surface area contributed by atoms with Gasteiger partial charge in [0.25, 0.3) is 0 Å². The highest BCUT2D eigenvalue weighted by Gasteiger charge is 2.39. The lowest BCUT2D eigenvalue weighted by Gasteiger charge is -2.42. The van der Waals surface area contributed by atoms with Crippen molar-refractivity contribution in [2.75, 3.05) is 6.61 Å². The predicted molar refractivity (Wildman–Crippen MR) is 107 cm³/mol. The molecular weight excluding hydrogens is 340 g/mol. The van der Waals surface area contributed by atoms with Crippen molar-refractivity contribution in [1.29, 1.82) is 0 Å². The molecule has 0 bridgehead atoms. The number of rotatable bonds is 9. The van der Waals surface area contributed by atoms with Gasteiger partial charge in [0, 0.05) is 0 Å². The molecule has 0 aromatic rings. The summed E-state index contributed by atoms with van der Waals surface area (Å²) in [6.07, 6.45) is 12.9. The number of ether oxygens (including phenoxy) is 1. The summed E-state index contributed by atoms with van der Waals surface area (Å²) in [5.74, 6) is -1.04. The molecule has 4 heteroatoms. The normalized spacial score (nSPS) is 34.2. The number of carboxylic acid groups (broad SMARTS) is 1. The van der Waals surface area contributed by atoms with Gasteiger partial charge in [-0.05, 0) is 49.4 Å². The van der Waals surface area contributed by atoms with Crippen LogP contribution in [0, 0.1) is 29.1 Å². The first-order valence-electron chi connectivity index (χ1n) is 11.3. The van der Waals surface area contributed by atoms with E-state index in [1.807, 2.05) is 0 Å². The molecule has 0 aromatic carbocycles. The minimum Gasteiger partial charge on any atom is -0.481 e. The molecule has 0 aliphatic heterocycles. The van der Waals surface area contributed by atoms with E-state index < -0.39 is 17.8 Å². The van der Waals surface area contributed by atoms with Crippen molar-refractivity contribution in [3.05, 3.63) is 0 Å². The Balaban J connectivity index is 1.92. The third-order valence-electron chi connectivity index (χ3n) is 7.40. The number of aliphatic carboxylic acids is 1. The monoisotopic (exact) mass is 380 g/mol. The Morgan fingerprint density at radius 3 is 2.37 bits per heavy atom. The summed E-state index contributed by atoms with van der Waals surface area (Å²) in [7, 11) is 0. The first-order valence-corrected chi connectivity index (χ1v) is 11.3. The number of hydrogen-bond donors (Lipinski definition) is 1. The molecule has 5 atom stereocenters. The second kappa shape index (κ2) is 10.5. The summed E-state index contributed by atoms with van der Waals surface area (Å²) < 4.78 is 5.74. The van der Waals surface area contributed by atoms with Crippen LogP contribution in [0.1, 0.15) is 97.8 Å². The minimum atomic E-state index is -0.842. The molecule has 0 spiro atoms. The second-order valence-electron chi connectivity index (χ2n) is 9.39. The maximum atomic E-state index is 12.6. The van der Waals surface area contributed by atoms with Crippen LogP contribution in [0.25, 0.3) is 0 Å². The second-order valence-corrected chi connectivity index (χ2v) is 9.39. The molecule has 0 heterocycles. The molecule has 5 unspecified atom stereocenters. The van der Waals surface area contributed by atoms with Crippen LogP contribution in [-0.4, -0.2) is 23.7 Å². The summed E-state index contributed by atoms with van der Waals surface area (Å²) in [5.41, 5.74) is 0.426. The smallest absolute Gasteiger partial charge is 0.309 e. The summed E-state index contributed by atoms with van der Waals surface area (Å²) in [5, 5.41) is 9.41. The van der Waals surface area contributed by atoms with Gasteiger partial charge in [0.1, 0.15) is 0 Å². The number of esters is 1. The average molecular weight is 381 g/mol. The van der Waals surface area contributed by atoms with Crippen LogP contribution in [0.2, 0.25) is 0 Å². The largest absolute Gasteiger partial charge is 0.481 e. The van der Waals surface area contributed by atoms with Crippen LogP contribution < -0.4 is 0 Å². The summed E-state index contributed by atoms with van der Waals surface area (Å²) in [4.78, 5) is 24.1. The van der Waals surface area contributed by atoms with E-state index in [1.54, 1.807) is 0 Å². The van der Waals surface area contributed by atoms with Gasteiger partial charge < -0.3 is 9.84 Å². The van der Waals surface area contributed by atoms with Gasteiger partial charge in [-0.1, -0.05) is 65.7 Å². The first-order chi connectivity index (χ1) is 12.9. The Bertz CT molecular complexity index is 489. The molecule has 4 nitrogen and oxygen atoms in total. The number of unbranched alkanes of at least 4 members (excludes halogenated alkanes) is 2. The fourth-order valence-corrected chi connectivity index (χ4v) is 5.21. The lowest BCUT2D eigenvalue weighted by Crippen LogP contribution is -2.37. The molecule has 2 aliphatic carbocycles. The maximum absolute atomic E-state index is 12.6. The number of hydrogen-bond acceptors (Lipinski definition) is 3. The van der Waals surface area contributed by atoms with E-state index >= 15 is 0 Å². The first kappa shape index (κ1) is 22.2. The third kappa shape index (κ3) is 6.22. The average Bonchev–Trinajstić information content (AvgIpc) is 2.67. The molecule has 0 aromatic heterocycles. The van der Waals surface area contributed by atoms with Crippen LogP contribution in [0.4, 0.5) is 0 Å². The third-order valence-corrected chi connectivity index (χ3v) is 7.40. The number of carbonyl (C=O) groups is 2. The van der Waals surface area contributed by atoms with Crippen molar-refractivity contribution < 1.29 is 19.4 Å². The summed E-state index contributed by atoms with van der Waals surface area (Å²) in [6, 6.07) is 0. The van der Waals surface area contributed by atoms with E-state index in [2.05, 4.69) is 20.8 Å². The molecule has 2 aliphatic rings. The van der Waals surface area contributed by atoms with E-state index in [-0.39, 0.29) is 5.97 Å². The van der Waals surface area contributed by atoms with Crippen molar-refractivity contribution in [1.82, 2.24) is 0 Å². The molecular formula is C23H40O4. The van der Waals surface area contributed by atoms with Gasteiger partial charge in [-0.25, -0.2) is 0 Å². The molecule has 156 valence electrons. The van der Waals surface area contributed by atoms with Crippen LogP contribution >= 0.6 is 0 Å². The minimum absolute atomic E-state index is 0.266. The van der Waals surface area contributed by atoms with Crippen molar-refractivity contribution in [2.45, 2.75) is 97.8 Å². The lowest BCUT2D eigenvalue weighted by atomic mass is 9.64. The van der Waals surface area contributed by atoms with Crippen LogP contribution in [0.3, 0.4) is 0 Å². The molecule has 2 fully saturated rings. The zero-order chi connectivity index (χ0) is 19.9. The van der Waals surface area contributed by atoms with E-state index in [9.17, 15) is 14.7 Å². The standard InChI is InChI=1S/C23H40O4/c1-4-6-7-10-17-15-23(3,5-2)14-13-18(17)16-27-22(26)20-12-9-8-11-19(20)21(24)25/h17-20H,4-16H2,1-3H3,(H,24,25). The van der Waals surface area contributed by atoms with Crippen LogP contribution in [0.15, 0.2) is 0 Å². The van der Waals surface area contributed by atoms with Gasteiger partial charge in [0.15, 0.2) is 0 Å². The van der Waals surface area contributed by atoms with Gasteiger partial charge in [-0.3, -0.25) is 9.59 Å². The molecule has 0 saturated heterocycles. The molecule has 2 rings (SSSR count). The Hall–Kier alpha value is -1.06. The zero-order valence-electron chi connectivity index (χ0n) is 17.7. The predicted octanol–water partition coefficient (Wildman–Crippen LogP) is 5.83. The highest BCUT2D eigenvalue weighted by atomic mass is 16.5. The van der Waals surface area contributed by atoms with Crippen LogP contribution in [-0.2, 0) is 14.3 Å². The van der Waals surface area contributed by atoms with Gasteiger partial charge in [0.2, 0.25) is 0 Å². The number of carboxylic acids is 1. The molecule has 2 saturated carbocycles. The van der Waals surface area contributed by atoms with Crippen molar-refractivity contribution in [3.8, 4) is 0 Å². The van der Waals surface area contributed by atoms with Crippen molar-refractivity contribution >= 4 is 11.9 Å². The SMILES string of the molecule is CCCCCC1CC(C)(CC)CCC1COC(=O)C1CCCCC1C(=O)O. The van der Waals surface area contributed by atoms with Gasteiger partial charge >= 0.3 is 11.9 Å². The molecule has 27 heavy (non-hydrogen) atoms. The Morgan fingerprint density at radius 2 is 1.74 bits per heavy atom. The molecule has 0 radical (unpaired) electrons. The van der Waals surface area contributed by atoms with E-state index in [0.29, 0.717) is 36.7 Å². The maximum Gasteiger partial charge on any atom is 0.309 e. The molecule has 0 amide bonds. The van der Waals surface area contributed by atoms with Crippen LogP contribution in [0.5, 0.6) is 0 Å². The molecule has 1 N–H and O–H groups in total. The lowest BCUT2D eigenvalue weighted by molar-refractivity contribution is -0.161. The number of carbonyl (C=O) groups excluding carboxylic acids is 1. The topological polar surface area (TPSA) is 63.6 Å². The zero-order valence-corrected chi connectivity index (χ0v) is 17.7. The highest BCUT2D eigenvalue weighted by Crippen LogP contribution is 2.46. The Kier molecular flexibility index (Phi) is 8.62. The van der Waals surface area contributed by atoms with Crippen molar-refractivity contribution in [3.63, 3.8) is 0 Å².